The predicted octanol–water partition coefficient (Wildman–Crippen LogP) is 5.91. The minimum atomic E-state index is -4.69. The van der Waals surface area contributed by atoms with Gasteiger partial charge in [-0.25, -0.2) is 4.68 Å². The van der Waals surface area contributed by atoms with Crippen molar-refractivity contribution in [2.75, 3.05) is 5.32 Å². The van der Waals surface area contributed by atoms with Crippen LogP contribution in [0.1, 0.15) is 47.7 Å². The summed E-state index contributed by atoms with van der Waals surface area (Å²) in [5.41, 5.74) is 0.654. The number of carbonyl (C=O) groups is 1. The Labute approximate surface area is 258 Å². The highest BCUT2D eigenvalue weighted by molar-refractivity contribution is 6.31. The predicted molar refractivity (Wildman–Crippen MR) is 157 cm³/mol. The average molecular weight is 626 g/mol. The number of pyridine rings is 2. The van der Waals surface area contributed by atoms with E-state index in [0.29, 0.717) is 46.7 Å². The van der Waals surface area contributed by atoms with Crippen molar-refractivity contribution in [3.63, 3.8) is 0 Å². The number of nitrogens with zero attached hydrogens (tertiary/aromatic N) is 7. The fourth-order valence-electron chi connectivity index (χ4n) is 5.29. The monoisotopic (exact) mass is 625 g/mol. The Bertz CT molecular complexity index is 2040. The molecule has 6 rings (SSSR count). The van der Waals surface area contributed by atoms with Gasteiger partial charge in [0.1, 0.15) is 0 Å². The van der Waals surface area contributed by atoms with Gasteiger partial charge in [-0.3, -0.25) is 19.3 Å². The van der Waals surface area contributed by atoms with Crippen molar-refractivity contribution in [1.82, 2.24) is 34.3 Å². The molecule has 0 saturated carbocycles. The number of rotatable bonds is 3. The molecular weight excluding hydrogens is 597 g/mol. The van der Waals surface area contributed by atoms with E-state index in [-0.39, 0.29) is 23.0 Å². The molecular formula is C30H26ClF3N8O2. The molecule has 5 heterocycles. The molecule has 4 aromatic heterocycles. The average Bonchev–Trinajstić information content (AvgIpc) is 3.67. The van der Waals surface area contributed by atoms with Gasteiger partial charge < -0.3 is 9.88 Å². The summed E-state index contributed by atoms with van der Waals surface area (Å²) in [6, 6.07) is 10.1. The van der Waals surface area contributed by atoms with Gasteiger partial charge in [0.2, 0.25) is 5.91 Å². The van der Waals surface area contributed by atoms with E-state index in [4.69, 9.17) is 15.7 Å². The fourth-order valence-corrected chi connectivity index (χ4v) is 5.47. The summed E-state index contributed by atoms with van der Waals surface area (Å²) in [6.07, 6.45) is 1.85. The van der Waals surface area contributed by atoms with Crippen LogP contribution >= 0.6 is 11.6 Å². The van der Waals surface area contributed by atoms with Crippen LogP contribution < -0.4 is 10.9 Å². The van der Waals surface area contributed by atoms with Crippen molar-refractivity contribution < 1.29 is 22.1 Å². The Kier molecular flexibility index (Phi) is 6.64. The fraction of sp³-hybridized carbons (Fsp3) is 0.267. The maximum atomic E-state index is 13.8. The standard InChI is InChI=1S/C30H26ClF3N8O2/c1-17-4-3-5-25(22-12-19(8-10-35-22)28-23(37-29(17)44)15-36-40(28)2)41-11-9-18(13-27(41)43)21-14-20(31)6-7-24(21)42-16-26(38-39-42)30(32,33)34/h6-17,25H,3-5H2,1-2H3,(H,37,44)/t17-,25+/m1/s1/i2D3. The molecule has 1 N–H and O–H groups in total. The Morgan fingerprint density at radius 1 is 1.09 bits per heavy atom. The highest BCUT2D eigenvalue weighted by Crippen LogP contribution is 2.34. The molecule has 2 atom stereocenters. The molecule has 0 radical (unpaired) electrons. The molecule has 0 unspecified atom stereocenters. The van der Waals surface area contributed by atoms with E-state index < -0.39 is 36.4 Å². The van der Waals surface area contributed by atoms with E-state index in [1.165, 1.54) is 41.2 Å². The van der Waals surface area contributed by atoms with Crippen molar-refractivity contribution >= 4 is 23.2 Å². The second-order valence-corrected chi connectivity index (χ2v) is 10.9. The third kappa shape index (κ3) is 5.62. The van der Waals surface area contributed by atoms with E-state index in [1.54, 1.807) is 31.3 Å². The van der Waals surface area contributed by atoms with Crippen LogP contribution in [0.5, 0.6) is 0 Å². The molecule has 1 aliphatic rings. The number of amides is 1. The molecule has 10 nitrogen and oxygen atoms in total. The molecule has 44 heavy (non-hydrogen) atoms. The summed E-state index contributed by atoms with van der Waals surface area (Å²) in [6.45, 7) is -0.881. The first-order valence-corrected chi connectivity index (χ1v) is 14.0. The highest BCUT2D eigenvalue weighted by Gasteiger charge is 2.35. The highest BCUT2D eigenvalue weighted by atomic mass is 35.5. The Morgan fingerprint density at radius 2 is 1.93 bits per heavy atom. The van der Waals surface area contributed by atoms with Gasteiger partial charge >= 0.3 is 6.18 Å². The summed E-state index contributed by atoms with van der Waals surface area (Å²) >= 11 is 6.25. The number of hydrogen-bond donors (Lipinski definition) is 1. The number of nitrogens with one attached hydrogen (secondary N) is 1. The molecule has 0 fully saturated rings. The first-order valence-electron chi connectivity index (χ1n) is 15.1. The molecule has 0 spiro atoms. The lowest BCUT2D eigenvalue weighted by Gasteiger charge is -2.22. The third-order valence-electron chi connectivity index (χ3n) is 7.57. The minimum absolute atomic E-state index is 0.173. The zero-order valence-electron chi connectivity index (χ0n) is 26.1. The molecule has 5 aromatic rings. The summed E-state index contributed by atoms with van der Waals surface area (Å²) in [5.74, 6) is -0.725. The van der Waals surface area contributed by atoms with Gasteiger partial charge in [-0.05, 0) is 54.8 Å². The zero-order chi connectivity index (χ0) is 33.7. The number of anilines is 1. The number of carbonyl (C=O) groups excluding carboxylic acids is 1. The maximum Gasteiger partial charge on any atom is 0.436 e. The van der Waals surface area contributed by atoms with Crippen molar-refractivity contribution in [2.45, 2.75) is 38.4 Å². The molecule has 2 bridgehead atoms. The van der Waals surface area contributed by atoms with E-state index in [9.17, 15) is 22.8 Å². The van der Waals surface area contributed by atoms with Crippen molar-refractivity contribution in [3.8, 4) is 28.1 Å². The van der Waals surface area contributed by atoms with Gasteiger partial charge in [0.25, 0.3) is 5.56 Å². The Morgan fingerprint density at radius 3 is 2.68 bits per heavy atom. The van der Waals surface area contributed by atoms with Crippen molar-refractivity contribution in [1.29, 1.82) is 0 Å². The van der Waals surface area contributed by atoms with Crippen LogP contribution in [0.4, 0.5) is 18.9 Å². The zero-order valence-corrected chi connectivity index (χ0v) is 23.8. The number of fused-ring (bicyclic) bond motifs is 4. The summed E-state index contributed by atoms with van der Waals surface area (Å²) < 4.78 is 67.0. The van der Waals surface area contributed by atoms with E-state index in [2.05, 4.69) is 25.7 Å². The molecule has 14 heteroatoms. The summed E-state index contributed by atoms with van der Waals surface area (Å²) in [4.78, 5) is 31.3. The van der Waals surface area contributed by atoms with Gasteiger partial charge in [0, 0.05) is 51.6 Å². The van der Waals surface area contributed by atoms with E-state index >= 15 is 0 Å². The molecule has 0 saturated heterocycles. The first-order chi connectivity index (χ1) is 22.2. The quantitative estimate of drug-likeness (QED) is 0.267. The van der Waals surface area contributed by atoms with Crippen LogP contribution in [0, 0.1) is 5.92 Å². The number of aromatic nitrogens is 7. The number of aryl methyl sites for hydroxylation is 1. The Hall–Kier alpha value is -4.78. The van der Waals surface area contributed by atoms with Crippen molar-refractivity contribution in [3.05, 3.63) is 94.0 Å². The topological polar surface area (TPSA) is 113 Å². The van der Waals surface area contributed by atoms with Crippen LogP contribution in [0.2, 0.25) is 5.02 Å². The second-order valence-electron chi connectivity index (χ2n) is 10.5. The lowest BCUT2D eigenvalue weighted by molar-refractivity contribution is -0.141. The largest absolute Gasteiger partial charge is 0.436 e. The molecule has 1 aliphatic heterocycles. The van der Waals surface area contributed by atoms with Gasteiger partial charge in [-0.1, -0.05) is 30.2 Å². The molecule has 0 aliphatic carbocycles. The normalized spacial score (nSPS) is 18.7. The van der Waals surface area contributed by atoms with E-state index in [0.717, 1.165) is 15.6 Å². The van der Waals surface area contributed by atoms with Gasteiger partial charge in [-0.15, -0.1) is 5.10 Å². The minimum Gasteiger partial charge on any atom is -0.323 e. The van der Waals surface area contributed by atoms with Gasteiger partial charge in [0.15, 0.2) is 5.69 Å². The maximum absolute atomic E-state index is 13.8. The van der Waals surface area contributed by atoms with E-state index in [1.807, 2.05) is 0 Å². The van der Waals surface area contributed by atoms with Gasteiger partial charge in [-0.2, -0.15) is 18.3 Å². The van der Waals surface area contributed by atoms with Crippen LogP contribution in [0.25, 0.3) is 28.1 Å². The SMILES string of the molecule is [2H]C([2H])([2H])n1ncc2c1-c1ccnc(c1)[C@@H](n1ccc(-c3cc(Cl)ccc3-n3cc(C(F)(F)F)nn3)cc1=O)CCC[C@@H](C)C(=O)N2. The summed E-state index contributed by atoms with van der Waals surface area (Å²) in [7, 11) is 0. The number of alkyl halides is 3. The molecule has 1 aromatic carbocycles. The lowest BCUT2D eigenvalue weighted by atomic mass is 9.96. The molecule has 1 amide bonds. The van der Waals surface area contributed by atoms with Crippen LogP contribution in [0.15, 0.2) is 72.0 Å². The lowest BCUT2D eigenvalue weighted by Crippen LogP contribution is -2.26. The van der Waals surface area contributed by atoms with Gasteiger partial charge in [0.05, 0.1) is 41.2 Å². The summed E-state index contributed by atoms with van der Waals surface area (Å²) in [5, 5.41) is 14.0. The third-order valence-corrected chi connectivity index (χ3v) is 7.80. The van der Waals surface area contributed by atoms with Crippen LogP contribution in [-0.2, 0) is 17.9 Å². The Balaban J connectivity index is 1.44. The first kappa shape index (κ1) is 25.7. The number of benzene rings is 1. The second kappa shape index (κ2) is 11.4. The number of hydrogen-bond acceptors (Lipinski definition) is 6. The number of halogens is 4. The van der Waals surface area contributed by atoms with Crippen LogP contribution in [-0.4, -0.2) is 40.2 Å². The van der Waals surface area contributed by atoms with Crippen LogP contribution in [0.3, 0.4) is 0 Å². The smallest absolute Gasteiger partial charge is 0.323 e. The molecule has 226 valence electrons. The van der Waals surface area contributed by atoms with Crippen molar-refractivity contribution in [2.24, 2.45) is 12.9 Å².